The van der Waals surface area contributed by atoms with E-state index < -0.39 is 0 Å². The molecule has 1 rings (SSSR count). The summed E-state index contributed by atoms with van der Waals surface area (Å²) in [5.74, 6) is 0. The standard InChI is InChI=1S/C18H31N/c1-6-7-9-12-15(2)19-17(18(3,4)5)16-13-10-8-11-14-16/h8,10-11,13-15,17,19H,6-7,9,12H2,1-5H3. The van der Waals surface area contributed by atoms with Crippen LogP contribution in [0.25, 0.3) is 0 Å². The summed E-state index contributed by atoms with van der Waals surface area (Å²) in [7, 11) is 0. The first kappa shape index (κ1) is 16.2. The number of unbranched alkanes of at least 4 members (excludes halogenated alkanes) is 2. The van der Waals surface area contributed by atoms with Crippen LogP contribution in [-0.4, -0.2) is 6.04 Å². The molecule has 0 radical (unpaired) electrons. The average molecular weight is 261 g/mol. The molecule has 0 aliphatic heterocycles. The van der Waals surface area contributed by atoms with E-state index in [1.807, 2.05) is 0 Å². The molecule has 0 saturated carbocycles. The third-order valence-electron chi connectivity index (χ3n) is 3.69. The van der Waals surface area contributed by atoms with E-state index >= 15 is 0 Å². The summed E-state index contributed by atoms with van der Waals surface area (Å²) in [5, 5.41) is 3.83. The van der Waals surface area contributed by atoms with Crippen LogP contribution in [0.3, 0.4) is 0 Å². The Hall–Kier alpha value is -0.820. The molecule has 0 aromatic heterocycles. The van der Waals surface area contributed by atoms with Gasteiger partial charge in [-0.2, -0.15) is 0 Å². The first-order chi connectivity index (χ1) is 8.95. The van der Waals surface area contributed by atoms with Gasteiger partial charge in [-0.1, -0.05) is 77.3 Å². The lowest BCUT2D eigenvalue weighted by atomic mass is 9.82. The van der Waals surface area contributed by atoms with Crippen molar-refractivity contribution < 1.29 is 0 Å². The lowest BCUT2D eigenvalue weighted by Gasteiger charge is -2.34. The minimum Gasteiger partial charge on any atom is -0.307 e. The number of nitrogens with one attached hydrogen (secondary N) is 1. The van der Waals surface area contributed by atoms with Crippen molar-refractivity contribution in [3.63, 3.8) is 0 Å². The van der Waals surface area contributed by atoms with Gasteiger partial charge in [0.2, 0.25) is 0 Å². The molecule has 1 aromatic carbocycles. The molecule has 1 aromatic rings. The highest BCUT2D eigenvalue weighted by Gasteiger charge is 2.26. The van der Waals surface area contributed by atoms with E-state index in [0.29, 0.717) is 12.1 Å². The summed E-state index contributed by atoms with van der Waals surface area (Å²) < 4.78 is 0. The molecule has 0 spiro atoms. The number of benzene rings is 1. The molecule has 2 atom stereocenters. The summed E-state index contributed by atoms with van der Waals surface area (Å²) in [5.41, 5.74) is 1.64. The maximum absolute atomic E-state index is 3.83. The van der Waals surface area contributed by atoms with Crippen molar-refractivity contribution in [1.29, 1.82) is 0 Å². The van der Waals surface area contributed by atoms with Crippen molar-refractivity contribution in [2.75, 3.05) is 0 Å². The summed E-state index contributed by atoms with van der Waals surface area (Å²) in [6.07, 6.45) is 5.25. The van der Waals surface area contributed by atoms with Gasteiger partial charge >= 0.3 is 0 Å². The first-order valence-electron chi connectivity index (χ1n) is 7.76. The predicted molar refractivity (Wildman–Crippen MR) is 85.4 cm³/mol. The van der Waals surface area contributed by atoms with Gasteiger partial charge in [-0.15, -0.1) is 0 Å². The van der Waals surface area contributed by atoms with Crippen LogP contribution in [0.4, 0.5) is 0 Å². The van der Waals surface area contributed by atoms with Gasteiger partial charge in [0.15, 0.2) is 0 Å². The first-order valence-corrected chi connectivity index (χ1v) is 7.76. The average Bonchev–Trinajstić information content (AvgIpc) is 2.36. The van der Waals surface area contributed by atoms with Gasteiger partial charge in [0.1, 0.15) is 0 Å². The fourth-order valence-corrected chi connectivity index (χ4v) is 2.56. The molecule has 2 unspecified atom stereocenters. The Morgan fingerprint density at radius 1 is 1.05 bits per heavy atom. The van der Waals surface area contributed by atoms with Crippen molar-refractivity contribution in [2.24, 2.45) is 5.41 Å². The zero-order valence-corrected chi connectivity index (χ0v) is 13.4. The van der Waals surface area contributed by atoms with E-state index in [-0.39, 0.29) is 5.41 Å². The van der Waals surface area contributed by atoms with E-state index in [2.05, 4.69) is 70.3 Å². The number of hydrogen-bond donors (Lipinski definition) is 1. The van der Waals surface area contributed by atoms with Crippen molar-refractivity contribution in [3.8, 4) is 0 Å². The van der Waals surface area contributed by atoms with E-state index in [1.54, 1.807) is 0 Å². The quantitative estimate of drug-likeness (QED) is 0.654. The highest BCUT2D eigenvalue weighted by atomic mass is 15.0. The highest BCUT2D eigenvalue weighted by Crippen LogP contribution is 2.33. The highest BCUT2D eigenvalue weighted by molar-refractivity contribution is 5.20. The Morgan fingerprint density at radius 3 is 2.21 bits per heavy atom. The third kappa shape index (κ3) is 5.78. The maximum atomic E-state index is 3.83. The zero-order valence-electron chi connectivity index (χ0n) is 13.4. The second-order valence-corrected chi connectivity index (χ2v) is 6.77. The van der Waals surface area contributed by atoms with Gasteiger partial charge in [0, 0.05) is 12.1 Å². The van der Waals surface area contributed by atoms with Gasteiger partial charge < -0.3 is 5.32 Å². The molecule has 0 amide bonds. The van der Waals surface area contributed by atoms with Gasteiger partial charge in [-0.25, -0.2) is 0 Å². The second-order valence-electron chi connectivity index (χ2n) is 6.77. The summed E-state index contributed by atoms with van der Waals surface area (Å²) in [6, 6.07) is 11.8. The van der Waals surface area contributed by atoms with Crippen molar-refractivity contribution in [2.45, 2.75) is 72.4 Å². The second kappa shape index (κ2) is 7.69. The minimum atomic E-state index is 0.236. The van der Waals surface area contributed by atoms with Crippen molar-refractivity contribution >= 4 is 0 Å². The smallest absolute Gasteiger partial charge is 0.0371 e. The van der Waals surface area contributed by atoms with Crippen LogP contribution in [0.1, 0.15) is 71.9 Å². The molecule has 1 nitrogen and oxygen atoms in total. The zero-order chi connectivity index (χ0) is 14.3. The van der Waals surface area contributed by atoms with Crippen molar-refractivity contribution in [3.05, 3.63) is 35.9 Å². The number of hydrogen-bond acceptors (Lipinski definition) is 1. The SMILES string of the molecule is CCCCCC(C)NC(c1ccccc1)C(C)(C)C. The van der Waals surface area contributed by atoms with E-state index in [9.17, 15) is 0 Å². The maximum Gasteiger partial charge on any atom is 0.0371 e. The molecular formula is C18H31N. The minimum absolute atomic E-state index is 0.236. The summed E-state index contributed by atoms with van der Waals surface area (Å²) in [4.78, 5) is 0. The Labute approximate surface area is 119 Å². The molecule has 0 saturated heterocycles. The van der Waals surface area contributed by atoms with Crippen molar-refractivity contribution in [1.82, 2.24) is 5.32 Å². The summed E-state index contributed by atoms with van der Waals surface area (Å²) in [6.45, 7) is 11.5. The third-order valence-corrected chi connectivity index (χ3v) is 3.69. The predicted octanol–water partition coefficient (Wildman–Crippen LogP) is 5.33. The molecular weight excluding hydrogens is 230 g/mol. The fraction of sp³-hybridized carbons (Fsp3) is 0.667. The Balaban J connectivity index is 2.66. The normalized spacial score (nSPS) is 15.2. The Kier molecular flexibility index (Phi) is 6.57. The lowest BCUT2D eigenvalue weighted by molar-refractivity contribution is 0.248. The van der Waals surface area contributed by atoms with Crippen LogP contribution < -0.4 is 5.32 Å². The summed E-state index contributed by atoms with van der Waals surface area (Å²) >= 11 is 0. The monoisotopic (exact) mass is 261 g/mol. The van der Waals surface area contributed by atoms with Crippen LogP contribution in [-0.2, 0) is 0 Å². The molecule has 1 N–H and O–H groups in total. The number of rotatable bonds is 7. The van der Waals surface area contributed by atoms with Gasteiger partial charge in [0.25, 0.3) is 0 Å². The Bertz CT molecular complexity index is 336. The fourth-order valence-electron chi connectivity index (χ4n) is 2.56. The van der Waals surface area contributed by atoms with Crippen LogP contribution in [0.15, 0.2) is 30.3 Å². The molecule has 0 bridgehead atoms. The van der Waals surface area contributed by atoms with Crippen LogP contribution >= 0.6 is 0 Å². The molecule has 0 aliphatic rings. The van der Waals surface area contributed by atoms with Crippen LogP contribution in [0.2, 0.25) is 0 Å². The molecule has 1 heteroatoms. The molecule has 108 valence electrons. The van der Waals surface area contributed by atoms with Gasteiger partial charge in [0.05, 0.1) is 0 Å². The van der Waals surface area contributed by atoms with E-state index in [0.717, 1.165) is 0 Å². The van der Waals surface area contributed by atoms with Gasteiger partial charge in [-0.3, -0.25) is 0 Å². The Morgan fingerprint density at radius 2 is 1.68 bits per heavy atom. The largest absolute Gasteiger partial charge is 0.307 e. The van der Waals surface area contributed by atoms with Crippen LogP contribution in [0, 0.1) is 5.41 Å². The topological polar surface area (TPSA) is 12.0 Å². The van der Waals surface area contributed by atoms with E-state index in [4.69, 9.17) is 0 Å². The van der Waals surface area contributed by atoms with Crippen LogP contribution in [0.5, 0.6) is 0 Å². The van der Waals surface area contributed by atoms with Gasteiger partial charge in [-0.05, 0) is 24.3 Å². The molecule has 0 aliphatic carbocycles. The molecule has 0 fully saturated rings. The lowest BCUT2D eigenvalue weighted by Crippen LogP contribution is -2.38. The molecule has 0 heterocycles. The van der Waals surface area contributed by atoms with E-state index in [1.165, 1.54) is 31.2 Å². The molecule has 19 heavy (non-hydrogen) atoms.